The van der Waals surface area contributed by atoms with Gasteiger partial charge >= 0.3 is 5.97 Å². The lowest BCUT2D eigenvalue weighted by molar-refractivity contribution is 0.0697. The van der Waals surface area contributed by atoms with Crippen LogP contribution in [0.15, 0.2) is 53.5 Å². The number of carboxylic acid groups (broad SMARTS) is 1. The van der Waals surface area contributed by atoms with Gasteiger partial charge < -0.3 is 5.11 Å². The van der Waals surface area contributed by atoms with Gasteiger partial charge in [-0.2, -0.15) is 0 Å². The number of hydrazine groups is 1. The van der Waals surface area contributed by atoms with Gasteiger partial charge in [-0.25, -0.2) is 10.6 Å². The lowest BCUT2D eigenvalue weighted by Gasteiger charge is -2.12. The van der Waals surface area contributed by atoms with Gasteiger partial charge in [0, 0.05) is 0 Å². The van der Waals surface area contributed by atoms with Crippen LogP contribution in [0.4, 0.5) is 5.69 Å². The lowest BCUT2D eigenvalue weighted by Crippen LogP contribution is -2.28. The summed E-state index contributed by atoms with van der Waals surface area (Å²) in [5.41, 5.74) is 3.08. The Morgan fingerprint density at radius 3 is 2.67 bits per heavy atom. The summed E-state index contributed by atoms with van der Waals surface area (Å²) in [4.78, 5) is 15.1. The molecule has 0 saturated heterocycles. The fraction of sp³-hybridized carbons (Fsp3) is 0.125. The maximum Gasteiger partial charge on any atom is 0.335 e. The Kier molecular flexibility index (Phi) is 4.68. The molecule has 0 spiro atoms. The standard InChI is InChI=1S/C16H17N3O2/c1-12-5-7-15(8-6-12)19(17)11-18-10-13-3-2-4-14(9-13)16(20)21/h2-9,11H,10,17H2,1H3,(H,20,21). The maximum atomic E-state index is 10.9. The lowest BCUT2D eigenvalue weighted by atomic mass is 10.1. The zero-order chi connectivity index (χ0) is 15.2. The molecule has 0 aliphatic heterocycles. The molecule has 0 radical (unpaired) electrons. The molecule has 2 aromatic rings. The first-order valence-electron chi connectivity index (χ1n) is 6.49. The summed E-state index contributed by atoms with van der Waals surface area (Å²) in [6, 6.07) is 14.5. The first kappa shape index (κ1) is 14.7. The SMILES string of the molecule is Cc1ccc(N(N)C=NCc2cccc(C(=O)O)c2)cc1. The minimum atomic E-state index is -0.944. The minimum Gasteiger partial charge on any atom is -0.478 e. The summed E-state index contributed by atoms with van der Waals surface area (Å²) in [7, 11) is 0. The monoisotopic (exact) mass is 283 g/mol. The fourth-order valence-corrected chi connectivity index (χ4v) is 1.82. The number of benzene rings is 2. The number of anilines is 1. The summed E-state index contributed by atoms with van der Waals surface area (Å²) in [5.74, 6) is 4.93. The average molecular weight is 283 g/mol. The van der Waals surface area contributed by atoms with Crippen molar-refractivity contribution in [3.05, 3.63) is 65.2 Å². The zero-order valence-corrected chi connectivity index (χ0v) is 11.7. The summed E-state index contributed by atoms with van der Waals surface area (Å²) >= 11 is 0. The molecule has 5 heteroatoms. The summed E-state index contributed by atoms with van der Waals surface area (Å²) in [6.45, 7) is 2.38. The number of aromatic carboxylic acids is 1. The largest absolute Gasteiger partial charge is 0.478 e. The van der Waals surface area contributed by atoms with Gasteiger partial charge in [-0.3, -0.25) is 10.0 Å². The van der Waals surface area contributed by atoms with Gasteiger partial charge in [0.25, 0.3) is 0 Å². The van der Waals surface area contributed by atoms with Crippen molar-refractivity contribution < 1.29 is 9.90 Å². The highest BCUT2D eigenvalue weighted by Gasteiger charge is 2.02. The predicted octanol–water partition coefficient (Wildman–Crippen LogP) is 2.60. The first-order valence-corrected chi connectivity index (χ1v) is 6.49. The summed E-state index contributed by atoms with van der Waals surface area (Å²) < 4.78 is 0. The van der Waals surface area contributed by atoms with Crippen LogP contribution < -0.4 is 10.9 Å². The second-order valence-corrected chi connectivity index (χ2v) is 4.70. The maximum absolute atomic E-state index is 10.9. The molecule has 3 N–H and O–H groups in total. The van der Waals surface area contributed by atoms with Crippen LogP contribution in [0.2, 0.25) is 0 Å². The third-order valence-corrected chi connectivity index (χ3v) is 2.99. The van der Waals surface area contributed by atoms with Gasteiger partial charge in [0.15, 0.2) is 0 Å². The van der Waals surface area contributed by atoms with Gasteiger partial charge in [-0.05, 0) is 36.8 Å². The van der Waals surface area contributed by atoms with E-state index in [1.165, 1.54) is 11.3 Å². The Balaban J connectivity index is 2.00. The third kappa shape index (κ3) is 4.15. The number of hydrogen-bond acceptors (Lipinski definition) is 3. The topological polar surface area (TPSA) is 78.9 Å². The smallest absolute Gasteiger partial charge is 0.335 e. The van der Waals surface area contributed by atoms with Crippen molar-refractivity contribution in [2.24, 2.45) is 10.8 Å². The van der Waals surface area contributed by atoms with E-state index in [9.17, 15) is 4.79 Å². The van der Waals surface area contributed by atoms with E-state index in [0.29, 0.717) is 6.54 Å². The number of carbonyl (C=O) groups is 1. The van der Waals surface area contributed by atoms with Crippen molar-refractivity contribution in [1.82, 2.24) is 0 Å². The van der Waals surface area contributed by atoms with Crippen LogP contribution >= 0.6 is 0 Å². The molecule has 0 fully saturated rings. The molecule has 21 heavy (non-hydrogen) atoms. The fourth-order valence-electron chi connectivity index (χ4n) is 1.82. The number of rotatable bonds is 5. The van der Waals surface area contributed by atoms with Crippen LogP contribution in [-0.4, -0.2) is 17.4 Å². The van der Waals surface area contributed by atoms with E-state index in [2.05, 4.69) is 4.99 Å². The minimum absolute atomic E-state index is 0.255. The van der Waals surface area contributed by atoms with E-state index in [1.807, 2.05) is 37.3 Å². The average Bonchev–Trinajstić information content (AvgIpc) is 2.48. The van der Waals surface area contributed by atoms with E-state index in [-0.39, 0.29) is 5.56 Å². The van der Waals surface area contributed by atoms with Crippen LogP contribution in [0.3, 0.4) is 0 Å². The highest BCUT2D eigenvalue weighted by atomic mass is 16.4. The van der Waals surface area contributed by atoms with E-state index in [1.54, 1.807) is 18.2 Å². The van der Waals surface area contributed by atoms with Crippen LogP contribution in [0.5, 0.6) is 0 Å². The zero-order valence-electron chi connectivity index (χ0n) is 11.7. The van der Waals surface area contributed by atoms with Crippen LogP contribution in [-0.2, 0) is 6.54 Å². The summed E-state index contributed by atoms with van der Waals surface area (Å²) in [6.07, 6.45) is 1.53. The van der Waals surface area contributed by atoms with Crippen molar-refractivity contribution in [3.63, 3.8) is 0 Å². The molecular formula is C16H17N3O2. The van der Waals surface area contributed by atoms with Crippen molar-refractivity contribution in [1.29, 1.82) is 0 Å². The van der Waals surface area contributed by atoms with E-state index in [4.69, 9.17) is 10.9 Å². The molecule has 2 aromatic carbocycles. The van der Waals surface area contributed by atoms with Gasteiger partial charge in [-0.1, -0.05) is 29.8 Å². The Labute approximate surface area is 123 Å². The molecule has 0 aromatic heterocycles. The normalized spacial score (nSPS) is 10.8. The van der Waals surface area contributed by atoms with Gasteiger partial charge in [0.05, 0.1) is 17.8 Å². The highest BCUT2D eigenvalue weighted by Crippen LogP contribution is 2.11. The van der Waals surface area contributed by atoms with Crippen molar-refractivity contribution in [3.8, 4) is 0 Å². The van der Waals surface area contributed by atoms with Crippen LogP contribution in [0, 0.1) is 6.92 Å². The van der Waals surface area contributed by atoms with Gasteiger partial charge in [-0.15, -0.1) is 0 Å². The number of nitrogens with zero attached hydrogens (tertiary/aromatic N) is 2. The molecule has 0 saturated carbocycles. The van der Waals surface area contributed by atoms with E-state index >= 15 is 0 Å². The Morgan fingerprint density at radius 2 is 2.00 bits per heavy atom. The molecule has 0 heterocycles. The number of nitrogens with two attached hydrogens (primary N) is 1. The van der Waals surface area contributed by atoms with E-state index in [0.717, 1.165) is 16.8 Å². The Hall–Kier alpha value is -2.66. The molecule has 0 amide bonds. The van der Waals surface area contributed by atoms with Crippen LogP contribution in [0.25, 0.3) is 0 Å². The molecule has 0 bridgehead atoms. The Bertz CT molecular complexity index is 651. The number of hydrogen-bond donors (Lipinski definition) is 2. The van der Waals surface area contributed by atoms with E-state index < -0.39 is 5.97 Å². The molecule has 108 valence electrons. The number of aryl methyl sites for hydroxylation is 1. The van der Waals surface area contributed by atoms with Crippen molar-refractivity contribution in [2.45, 2.75) is 13.5 Å². The second-order valence-electron chi connectivity index (χ2n) is 4.70. The third-order valence-electron chi connectivity index (χ3n) is 2.99. The molecule has 2 rings (SSSR count). The Morgan fingerprint density at radius 1 is 1.29 bits per heavy atom. The van der Waals surface area contributed by atoms with Crippen LogP contribution in [0.1, 0.15) is 21.5 Å². The molecule has 0 aliphatic rings. The second kappa shape index (κ2) is 6.67. The molecular weight excluding hydrogens is 266 g/mol. The highest BCUT2D eigenvalue weighted by molar-refractivity contribution is 5.87. The van der Waals surface area contributed by atoms with Gasteiger partial charge in [0.1, 0.15) is 6.34 Å². The van der Waals surface area contributed by atoms with Gasteiger partial charge in [0.2, 0.25) is 0 Å². The quantitative estimate of drug-likeness (QED) is 0.382. The molecule has 0 unspecified atom stereocenters. The summed E-state index contributed by atoms with van der Waals surface area (Å²) in [5, 5.41) is 10.4. The molecule has 0 aliphatic carbocycles. The van der Waals surface area contributed by atoms with Crippen molar-refractivity contribution >= 4 is 18.0 Å². The first-order chi connectivity index (χ1) is 10.1. The van der Waals surface area contributed by atoms with Crippen molar-refractivity contribution in [2.75, 3.05) is 5.01 Å². The number of carboxylic acids is 1. The number of aliphatic imine (C=N–C) groups is 1. The molecule has 5 nitrogen and oxygen atoms in total. The predicted molar refractivity (Wildman–Crippen MR) is 83.4 cm³/mol. The molecule has 0 atom stereocenters.